The highest BCUT2D eigenvalue weighted by molar-refractivity contribution is 5.97. The van der Waals surface area contributed by atoms with E-state index in [9.17, 15) is 14.0 Å². The number of ether oxygens (including phenoxy) is 4. The fourth-order valence-corrected chi connectivity index (χ4v) is 2.28. The van der Waals surface area contributed by atoms with Gasteiger partial charge in [0.15, 0.2) is 17.6 Å². The highest BCUT2D eigenvalue weighted by Gasteiger charge is 2.23. The fourth-order valence-electron chi connectivity index (χ4n) is 2.28. The number of anilines is 1. The Labute approximate surface area is 156 Å². The van der Waals surface area contributed by atoms with E-state index in [0.717, 1.165) is 0 Å². The predicted octanol–water partition coefficient (Wildman–Crippen LogP) is 3.04. The molecular weight excluding hydrogens is 357 g/mol. The van der Waals surface area contributed by atoms with E-state index in [4.69, 9.17) is 18.9 Å². The predicted molar refractivity (Wildman–Crippen MR) is 96.0 cm³/mol. The van der Waals surface area contributed by atoms with Crippen LogP contribution in [0.4, 0.5) is 10.1 Å². The molecule has 0 aliphatic heterocycles. The quantitative estimate of drug-likeness (QED) is 0.747. The Bertz CT molecular complexity index is 814. The molecule has 27 heavy (non-hydrogen) atoms. The Balaban J connectivity index is 2.14. The third kappa shape index (κ3) is 4.66. The normalized spacial score (nSPS) is 11.3. The summed E-state index contributed by atoms with van der Waals surface area (Å²) in [5.41, 5.74) is 0.105. The second-order valence-electron chi connectivity index (χ2n) is 5.43. The molecule has 144 valence electrons. The smallest absolute Gasteiger partial charge is 0.339 e. The highest BCUT2D eigenvalue weighted by Crippen LogP contribution is 2.38. The van der Waals surface area contributed by atoms with Crippen molar-refractivity contribution in [3.05, 3.63) is 47.8 Å². The van der Waals surface area contributed by atoms with Gasteiger partial charge in [-0.05, 0) is 31.2 Å². The van der Waals surface area contributed by atoms with Crippen molar-refractivity contribution in [2.45, 2.75) is 13.0 Å². The number of esters is 1. The van der Waals surface area contributed by atoms with Crippen LogP contribution in [0.5, 0.6) is 17.2 Å². The number of amides is 1. The summed E-state index contributed by atoms with van der Waals surface area (Å²) in [6, 6.07) is 8.50. The lowest BCUT2D eigenvalue weighted by molar-refractivity contribution is -0.123. The zero-order valence-electron chi connectivity index (χ0n) is 15.4. The molecule has 1 atom stereocenters. The first kappa shape index (κ1) is 20.0. The van der Waals surface area contributed by atoms with Gasteiger partial charge in [-0.15, -0.1) is 0 Å². The minimum absolute atomic E-state index is 0.00168. The van der Waals surface area contributed by atoms with Crippen molar-refractivity contribution in [1.29, 1.82) is 0 Å². The van der Waals surface area contributed by atoms with Crippen LogP contribution < -0.4 is 19.5 Å². The molecule has 0 fully saturated rings. The standard InChI is InChI=1S/C19H20FNO6/c1-11(18(22)21-14-8-6-5-7-13(14)20)27-19(23)12-9-15(24-2)17(26-4)16(10-12)25-3/h5-11H,1-4H3,(H,21,22)/t11-/m1/s1. The number of hydrogen-bond donors (Lipinski definition) is 1. The first-order chi connectivity index (χ1) is 12.9. The van der Waals surface area contributed by atoms with Crippen LogP contribution in [0.3, 0.4) is 0 Å². The van der Waals surface area contributed by atoms with Crippen LogP contribution in [0.2, 0.25) is 0 Å². The summed E-state index contributed by atoms with van der Waals surface area (Å²) in [6.45, 7) is 1.38. The fraction of sp³-hybridized carbons (Fsp3) is 0.263. The lowest BCUT2D eigenvalue weighted by Crippen LogP contribution is -2.30. The summed E-state index contributed by atoms with van der Waals surface area (Å²) in [5, 5.41) is 2.37. The summed E-state index contributed by atoms with van der Waals surface area (Å²) in [4.78, 5) is 24.5. The van der Waals surface area contributed by atoms with Crippen molar-refractivity contribution in [3.63, 3.8) is 0 Å². The van der Waals surface area contributed by atoms with E-state index in [2.05, 4.69) is 5.32 Å². The molecule has 0 aromatic heterocycles. The Morgan fingerprint density at radius 1 is 1.00 bits per heavy atom. The van der Waals surface area contributed by atoms with E-state index in [0.29, 0.717) is 5.75 Å². The molecule has 0 bridgehead atoms. The van der Waals surface area contributed by atoms with E-state index in [1.54, 1.807) is 6.07 Å². The first-order valence-corrected chi connectivity index (χ1v) is 7.97. The second-order valence-corrected chi connectivity index (χ2v) is 5.43. The monoisotopic (exact) mass is 377 g/mol. The van der Waals surface area contributed by atoms with Crippen molar-refractivity contribution in [2.24, 2.45) is 0 Å². The maximum atomic E-state index is 13.6. The van der Waals surface area contributed by atoms with E-state index in [1.165, 1.54) is 58.6 Å². The van der Waals surface area contributed by atoms with E-state index in [-0.39, 0.29) is 22.7 Å². The van der Waals surface area contributed by atoms with Crippen molar-refractivity contribution < 1.29 is 32.9 Å². The molecule has 0 saturated heterocycles. The number of hydrogen-bond acceptors (Lipinski definition) is 6. The second kappa shape index (κ2) is 8.88. The topological polar surface area (TPSA) is 83.1 Å². The summed E-state index contributed by atoms with van der Waals surface area (Å²) < 4.78 is 34.3. The summed E-state index contributed by atoms with van der Waals surface area (Å²) in [7, 11) is 4.27. The lowest BCUT2D eigenvalue weighted by atomic mass is 10.2. The van der Waals surface area contributed by atoms with Crippen molar-refractivity contribution in [2.75, 3.05) is 26.6 Å². The van der Waals surface area contributed by atoms with Crippen molar-refractivity contribution >= 4 is 17.6 Å². The molecule has 0 unspecified atom stereocenters. The minimum Gasteiger partial charge on any atom is -0.493 e. The van der Waals surface area contributed by atoms with E-state index < -0.39 is 23.8 Å². The number of benzene rings is 2. The van der Waals surface area contributed by atoms with E-state index >= 15 is 0 Å². The van der Waals surface area contributed by atoms with Crippen LogP contribution in [0.15, 0.2) is 36.4 Å². The molecule has 0 heterocycles. The molecular formula is C19H20FNO6. The molecule has 0 radical (unpaired) electrons. The maximum absolute atomic E-state index is 13.6. The molecule has 7 nitrogen and oxygen atoms in total. The SMILES string of the molecule is COc1cc(C(=O)O[C@H](C)C(=O)Nc2ccccc2F)cc(OC)c1OC. The number of methoxy groups -OCH3 is 3. The average Bonchev–Trinajstić information content (AvgIpc) is 2.68. The van der Waals surface area contributed by atoms with E-state index in [1.807, 2.05) is 0 Å². The van der Waals surface area contributed by atoms with Crippen LogP contribution >= 0.6 is 0 Å². The van der Waals surface area contributed by atoms with Gasteiger partial charge in [-0.2, -0.15) is 0 Å². The van der Waals surface area contributed by atoms with Gasteiger partial charge >= 0.3 is 5.97 Å². The zero-order chi connectivity index (χ0) is 20.0. The Kier molecular flexibility index (Phi) is 6.59. The zero-order valence-corrected chi connectivity index (χ0v) is 15.4. The molecule has 8 heteroatoms. The molecule has 0 spiro atoms. The van der Waals surface area contributed by atoms with Gasteiger partial charge in [0.05, 0.1) is 32.6 Å². The van der Waals surface area contributed by atoms with Gasteiger partial charge in [-0.3, -0.25) is 4.79 Å². The Morgan fingerprint density at radius 3 is 2.11 bits per heavy atom. The number of rotatable bonds is 7. The van der Waals surface area contributed by atoms with Crippen LogP contribution in [0, 0.1) is 5.82 Å². The number of para-hydroxylation sites is 1. The summed E-state index contributed by atoms with van der Waals surface area (Å²) in [5.74, 6) is -1.17. The van der Waals surface area contributed by atoms with Gasteiger partial charge in [-0.1, -0.05) is 12.1 Å². The van der Waals surface area contributed by atoms with Gasteiger partial charge in [0.1, 0.15) is 5.82 Å². The molecule has 0 aliphatic rings. The number of carbonyl (C=O) groups is 2. The lowest BCUT2D eigenvalue weighted by Gasteiger charge is -2.16. The third-order valence-corrected chi connectivity index (χ3v) is 3.69. The van der Waals surface area contributed by atoms with Crippen LogP contribution in [-0.2, 0) is 9.53 Å². The molecule has 2 rings (SSSR count). The minimum atomic E-state index is -1.16. The van der Waals surface area contributed by atoms with Crippen LogP contribution in [-0.4, -0.2) is 39.3 Å². The summed E-state index contributed by atoms with van der Waals surface area (Å²) in [6.07, 6.45) is -1.16. The summed E-state index contributed by atoms with van der Waals surface area (Å²) >= 11 is 0. The van der Waals surface area contributed by atoms with Gasteiger partial charge < -0.3 is 24.3 Å². The Morgan fingerprint density at radius 2 is 1.59 bits per heavy atom. The van der Waals surface area contributed by atoms with Crippen LogP contribution in [0.1, 0.15) is 17.3 Å². The molecule has 2 aromatic rings. The number of carbonyl (C=O) groups excluding carboxylic acids is 2. The molecule has 1 N–H and O–H groups in total. The number of nitrogens with one attached hydrogen (secondary N) is 1. The molecule has 0 saturated carbocycles. The Hall–Kier alpha value is -3.29. The number of halogens is 1. The largest absolute Gasteiger partial charge is 0.493 e. The first-order valence-electron chi connectivity index (χ1n) is 7.97. The van der Waals surface area contributed by atoms with Gasteiger partial charge in [0, 0.05) is 0 Å². The molecule has 1 amide bonds. The van der Waals surface area contributed by atoms with Gasteiger partial charge in [-0.25, -0.2) is 9.18 Å². The van der Waals surface area contributed by atoms with Crippen molar-refractivity contribution in [1.82, 2.24) is 0 Å². The van der Waals surface area contributed by atoms with Crippen molar-refractivity contribution in [3.8, 4) is 17.2 Å². The molecule has 2 aromatic carbocycles. The van der Waals surface area contributed by atoms with Gasteiger partial charge in [0.2, 0.25) is 5.75 Å². The maximum Gasteiger partial charge on any atom is 0.339 e. The third-order valence-electron chi connectivity index (χ3n) is 3.69. The van der Waals surface area contributed by atoms with Crippen LogP contribution in [0.25, 0.3) is 0 Å². The average molecular weight is 377 g/mol. The van der Waals surface area contributed by atoms with Gasteiger partial charge in [0.25, 0.3) is 5.91 Å². The molecule has 0 aliphatic carbocycles. The highest BCUT2D eigenvalue weighted by atomic mass is 19.1.